The number of nitrogens with zero attached hydrogens (tertiary/aromatic N) is 1. The number of carbonyl (C=O) groups excluding carboxylic acids is 1. The minimum absolute atomic E-state index is 0.0283. The quantitative estimate of drug-likeness (QED) is 0.781. The number of hydrogen-bond donors (Lipinski definition) is 1. The van der Waals surface area contributed by atoms with E-state index in [1.54, 1.807) is 0 Å². The number of nitrogens with two attached hydrogens (primary N) is 1. The Morgan fingerprint density at radius 2 is 2.25 bits per heavy atom. The van der Waals surface area contributed by atoms with Gasteiger partial charge in [0.15, 0.2) is 0 Å². The summed E-state index contributed by atoms with van der Waals surface area (Å²) in [4.78, 5) is 14.5. The molecule has 1 aliphatic rings. The highest BCUT2D eigenvalue weighted by Crippen LogP contribution is 2.15. The molecule has 0 spiro atoms. The number of rotatable bonds is 1. The van der Waals surface area contributed by atoms with Crippen LogP contribution in [0.3, 0.4) is 0 Å². The fourth-order valence-corrected chi connectivity index (χ4v) is 2.21. The number of amides is 1. The molecule has 1 amide bonds. The van der Waals surface area contributed by atoms with Crippen molar-refractivity contribution in [1.29, 1.82) is 0 Å². The van der Waals surface area contributed by atoms with Crippen LogP contribution in [0.25, 0.3) is 0 Å². The molecule has 1 fully saturated rings. The molecule has 1 aromatic carbocycles. The lowest BCUT2D eigenvalue weighted by molar-refractivity contribution is 0.0741. The molecule has 0 aromatic heterocycles. The molecule has 1 aliphatic heterocycles. The number of aryl methyl sites for hydroxylation is 1. The summed E-state index contributed by atoms with van der Waals surface area (Å²) in [7, 11) is 0. The van der Waals surface area contributed by atoms with Crippen molar-refractivity contribution in [1.82, 2.24) is 4.90 Å². The molecule has 0 bridgehead atoms. The minimum Gasteiger partial charge on any atom is -0.380 e. The predicted octanol–water partition coefficient (Wildman–Crippen LogP) is 1.17. The molecule has 0 aliphatic carbocycles. The largest absolute Gasteiger partial charge is 0.380 e. The average molecular weight is 272 g/mol. The molecule has 2 N–H and O–H groups in total. The van der Waals surface area contributed by atoms with E-state index in [-0.39, 0.29) is 5.91 Å². The van der Waals surface area contributed by atoms with Gasteiger partial charge < -0.3 is 15.4 Å². The molecule has 0 radical (unpaired) electrons. The second kappa shape index (κ2) is 7.09. The van der Waals surface area contributed by atoms with E-state index >= 15 is 0 Å². The van der Waals surface area contributed by atoms with E-state index in [0.29, 0.717) is 25.3 Å². The van der Waals surface area contributed by atoms with Crippen molar-refractivity contribution in [3.63, 3.8) is 0 Å². The van der Waals surface area contributed by atoms with E-state index in [1.165, 1.54) is 0 Å². The molecule has 0 unspecified atom stereocenters. The second-order valence-electron chi connectivity index (χ2n) is 4.81. The van der Waals surface area contributed by atoms with Gasteiger partial charge in [0.2, 0.25) is 0 Å². The first-order valence-electron chi connectivity index (χ1n) is 6.89. The van der Waals surface area contributed by atoms with E-state index in [2.05, 4.69) is 11.8 Å². The smallest absolute Gasteiger partial charge is 0.255 e. The Kier molecular flexibility index (Phi) is 5.16. The standard InChI is InChI=1S/C16H20N2O2/c1-13-5-6-14(4-2-7-17)15(12-13)16(19)18-8-3-10-20-11-9-18/h5-6,12H,3,7-11,17H2,1H3. The summed E-state index contributed by atoms with van der Waals surface area (Å²) in [5.74, 6) is 5.83. The third-order valence-electron chi connectivity index (χ3n) is 3.24. The lowest BCUT2D eigenvalue weighted by Gasteiger charge is -2.20. The molecular weight excluding hydrogens is 252 g/mol. The summed E-state index contributed by atoms with van der Waals surface area (Å²) in [6.45, 7) is 4.95. The van der Waals surface area contributed by atoms with Crippen LogP contribution in [-0.4, -0.2) is 43.7 Å². The van der Waals surface area contributed by atoms with Crippen LogP contribution in [0.1, 0.15) is 27.9 Å². The van der Waals surface area contributed by atoms with Crippen LogP contribution in [-0.2, 0) is 4.74 Å². The summed E-state index contributed by atoms with van der Waals surface area (Å²) in [5.41, 5.74) is 7.87. The van der Waals surface area contributed by atoms with Crippen molar-refractivity contribution in [3.05, 3.63) is 34.9 Å². The average Bonchev–Trinajstić information content (AvgIpc) is 2.74. The molecule has 0 saturated carbocycles. The molecule has 2 rings (SSSR count). The summed E-state index contributed by atoms with van der Waals surface area (Å²) in [5, 5.41) is 0. The van der Waals surface area contributed by atoms with Crippen molar-refractivity contribution < 1.29 is 9.53 Å². The first kappa shape index (κ1) is 14.6. The van der Waals surface area contributed by atoms with Crippen LogP contribution in [0.4, 0.5) is 0 Å². The molecule has 4 nitrogen and oxygen atoms in total. The predicted molar refractivity (Wildman–Crippen MR) is 78.5 cm³/mol. The van der Waals surface area contributed by atoms with Gasteiger partial charge in [-0.25, -0.2) is 0 Å². The monoisotopic (exact) mass is 272 g/mol. The third kappa shape index (κ3) is 3.60. The Morgan fingerprint density at radius 1 is 1.40 bits per heavy atom. The Labute approximate surface area is 119 Å². The van der Waals surface area contributed by atoms with Gasteiger partial charge >= 0.3 is 0 Å². The van der Waals surface area contributed by atoms with Crippen LogP contribution in [0.2, 0.25) is 0 Å². The van der Waals surface area contributed by atoms with Crippen molar-refractivity contribution >= 4 is 5.91 Å². The van der Waals surface area contributed by atoms with E-state index in [4.69, 9.17) is 10.5 Å². The lowest BCUT2D eigenvalue weighted by Crippen LogP contribution is -2.33. The number of ether oxygens (including phenoxy) is 1. The normalized spacial score (nSPS) is 15.2. The Balaban J connectivity index is 2.29. The molecule has 106 valence electrons. The summed E-state index contributed by atoms with van der Waals surface area (Å²) < 4.78 is 5.39. The molecular formula is C16H20N2O2. The van der Waals surface area contributed by atoms with E-state index in [9.17, 15) is 4.79 Å². The van der Waals surface area contributed by atoms with E-state index in [1.807, 2.05) is 30.0 Å². The molecule has 0 atom stereocenters. The molecule has 1 heterocycles. The van der Waals surface area contributed by atoms with Gasteiger partial charge in [0.25, 0.3) is 5.91 Å². The van der Waals surface area contributed by atoms with Crippen molar-refractivity contribution in [3.8, 4) is 11.8 Å². The highest BCUT2D eigenvalue weighted by atomic mass is 16.5. The number of carbonyl (C=O) groups is 1. The fraction of sp³-hybridized carbons (Fsp3) is 0.438. The summed E-state index contributed by atoms with van der Waals surface area (Å²) >= 11 is 0. The van der Waals surface area contributed by atoms with Gasteiger partial charge in [0.1, 0.15) is 0 Å². The first-order valence-corrected chi connectivity index (χ1v) is 6.89. The topological polar surface area (TPSA) is 55.6 Å². The Hall–Kier alpha value is -1.83. The van der Waals surface area contributed by atoms with Crippen LogP contribution in [0.15, 0.2) is 18.2 Å². The zero-order chi connectivity index (χ0) is 14.4. The van der Waals surface area contributed by atoms with E-state index in [0.717, 1.165) is 30.7 Å². The van der Waals surface area contributed by atoms with Crippen molar-refractivity contribution in [2.75, 3.05) is 32.8 Å². The molecule has 1 aromatic rings. The summed E-state index contributed by atoms with van der Waals surface area (Å²) in [6.07, 6.45) is 0.876. The summed E-state index contributed by atoms with van der Waals surface area (Å²) in [6, 6.07) is 5.75. The van der Waals surface area contributed by atoms with Crippen LogP contribution in [0, 0.1) is 18.8 Å². The highest BCUT2D eigenvalue weighted by molar-refractivity contribution is 5.97. The number of benzene rings is 1. The van der Waals surface area contributed by atoms with Gasteiger partial charge in [0, 0.05) is 25.3 Å². The van der Waals surface area contributed by atoms with Crippen molar-refractivity contribution in [2.24, 2.45) is 5.73 Å². The second-order valence-corrected chi connectivity index (χ2v) is 4.81. The van der Waals surface area contributed by atoms with Gasteiger partial charge in [-0.05, 0) is 25.5 Å². The van der Waals surface area contributed by atoms with Gasteiger partial charge in [-0.3, -0.25) is 4.79 Å². The van der Waals surface area contributed by atoms with E-state index < -0.39 is 0 Å². The van der Waals surface area contributed by atoms with Gasteiger partial charge in [-0.1, -0.05) is 23.5 Å². The molecule has 1 saturated heterocycles. The third-order valence-corrected chi connectivity index (χ3v) is 3.24. The van der Waals surface area contributed by atoms with Gasteiger partial charge in [0.05, 0.1) is 18.7 Å². The van der Waals surface area contributed by atoms with Crippen LogP contribution in [0.5, 0.6) is 0 Å². The Morgan fingerprint density at radius 3 is 3.05 bits per heavy atom. The van der Waals surface area contributed by atoms with Crippen LogP contribution < -0.4 is 5.73 Å². The van der Waals surface area contributed by atoms with Gasteiger partial charge in [-0.15, -0.1) is 0 Å². The maximum Gasteiger partial charge on any atom is 0.255 e. The fourth-order valence-electron chi connectivity index (χ4n) is 2.21. The van der Waals surface area contributed by atoms with Gasteiger partial charge in [-0.2, -0.15) is 0 Å². The van der Waals surface area contributed by atoms with Crippen molar-refractivity contribution in [2.45, 2.75) is 13.3 Å². The molecule has 20 heavy (non-hydrogen) atoms. The number of hydrogen-bond acceptors (Lipinski definition) is 3. The maximum atomic E-state index is 12.7. The minimum atomic E-state index is 0.0283. The Bertz CT molecular complexity index is 535. The zero-order valence-corrected chi connectivity index (χ0v) is 11.8. The lowest BCUT2D eigenvalue weighted by atomic mass is 10.0. The maximum absolute atomic E-state index is 12.7. The van der Waals surface area contributed by atoms with Crippen LogP contribution >= 0.6 is 0 Å². The SMILES string of the molecule is Cc1ccc(C#CCN)c(C(=O)N2CCCOCC2)c1. The zero-order valence-electron chi connectivity index (χ0n) is 11.8. The highest BCUT2D eigenvalue weighted by Gasteiger charge is 2.19. The molecule has 4 heteroatoms. The first-order chi connectivity index (χ1) is 9.72.